The number of esters is 2. The van der Waals surface area contributed by atoms with Crippen LogP contribution in [0.4, 0.5) is 0 Å². The molecule has 0 aliphatic heterocycles. The summed E-state index contributed by atoms with van der Waals surface area (Å²) in [5, 5.41) is -0.0485. The van der Waals surface area contributed by atoms with Crippen molar-refractivity contribution >= 4 is 33.6 Å². The van der Waals surface area contributed by atoms with E-state index < -0.39 is 28.5 Å². The first-order valence-electron chi connectivity index (χ1n) is 7.31. The van der Waals surface area contributed by atoms with E-state index in [9.17, 15) is 18.0 Å². The first kappa shape index (κ1) is 20.4. The smallest absolute Gasteiger partial charge is 0.337 e. The zero-order chi connectivity index (χ0) is 18.3. The molecule has 0 saturated carbocycles. The van der Waals surface area contributed by atoms with Gasteiger partial charge in [-0.25, -0.2) is 13.2 Å². The van der Waals surface area contributed by atoms with Crippen LogP contribution in [0.15, 0.2) is 23.1 Å². The summed E-state index contributed by atoms with van der Waals surface area (Å²) in [6.07, 6.45) is 0.493. The van der Waals surface area contributed by atoms with Gasteiger partial charge in [-0.2, -0.15) is 4.31 Å². The molecule has 0 amide bonds. The number of ether oxygens (including phenoxy) is 2. The predicted octanol–water partition coefficient (Wildman–Crippen LogP) is 2.09. The molecule has 0 bridgehead atoms. The third-order valence-corrected chi connectivity index (χ3v) is 5.38. The monoisotopic (exact) mass is 377 g/mol. The minimum absolute atomic E-state index is 0.0485. The first-order chi connectivity index (χ1) is 11.3. The number of hydrogen-bond donors (Lipinski definition) is 0. The number of nitrogens with zero attached hydrogens (tertiary/aromatic N) is 1. The lowest BCUT2D eigenvalue weighted by Crippen LogP contribution is -2.37. The number of methoxy groups -OCH3 is 1. The number of benzene rings is 1. The van der Waals surface area contributed by atoms with Crippen molar-refractivity contribution < 1.29 is 27.5 Å². The summed E-state index contributed by atoms with van der Waals surface area (Å²) in [6, 6.07) is 3.80. The highest BCUT2D eigenvalue weighted by Crippen LogP contribution is 2.26. The Bertz CT molecular complexity index is 704. The van der Waals surface area contributed by atoms with E-state index in [2.05, 4.69) is 4.74 Å². The molecule has 0 spiro atoms. The Hall–Kier alpha value is -1.64. The SMILES string of the molecule is CCCN(CC(=O)OCC)S(=O)(=O)c1cc(C(=O)OC)ccc1Cl. The van der Waals surface area contributed by atoms with E-state index >= 15 is 0 Å². The van der Waals surface area contributed by atoms with Crippen LogP contribution in [-0.2, 0) is 24.3 Å². The van der Waals surface area contributed by atoms with Gasteiger partial charge in [0.15, 0.2) is 0 Å². The van der Waals surface area contributed by atoms with Crippen molar-refractivity contribution in [3.8, 4) is 0 Å². The molecule has 24 heavy (non-hydrogen) atoms. The Labute approximate surface area is 146 Å². The van der Waals surface area contributed by atoms with E-state index in [1.54, 1.807) is 13.8 Å². The summed E-state index contributed by atoms with van der Waals surface area (Å²) in [7, 11) is -2.89. The third-order valence-electron chi connectivity index (χ3n) is 3.05. The van der Waals surface area contributed by atoms with Crippen LogP contribution in [0.25, 0.3) is 0 Å². The molecule has 0 radical (unpaired) electrons. The van der Waals surface area contributed by atoms with E-state index in [4.69, 9.17) is 16.3 Å². The Morgan fingerprint density at radius 1 is 1.25 bits per heavy atom. The van der Waals surface area contributed by atoms with Gasteiger partial charge < -0.3 is 9.47 Å². The molecule has 0 aliphatic carbocycles. The molecule has 0 saturated heterocycles. The quantitative estimate of drug-likeness (QED) is 0.644. The van der Waals surface area contributed by atoms with Crippen molar-refractivity contribution in [2.24, 2.45) is 0 Å². The van der Waals surface area contributed by atoms with Crippen LogP contribution in [0, 0.1) is 0 Å². The van der Waals surface area contributed by atoms with Gasteiger partial charge in [-0.1, -0.05) is 18.5 Å². The molecule has 0 aromatic heterocycles. The van der Waals surface area contributed by atoms with Crippen LogP contribution in [0.5, 0.6) is 0 Å². The molecule has 9 heteroatoms. The van der Waals surface area contributed by atoms with Crippen LogP contribution in [0.3, 0.4) is 0 Å². The molecule has 7 nitrogen and oxygen atoms in total. The highest BCUT2D eigenvalue weighted by Gasteiger charge is 2.29. The fraction of sp³-hybridized carbons (Fsp3) is 0.467. The fourth-order valence-electron chi connectivity index (χ4n) is 1.97. The molecular formula is C15H20ClNO6S. The zero-order valence-electron chi connectivity index (χ0n) is 13.7. The van der Waals surface area contributed by atoms with Gasteiger partial charge in [0.05, 0.1) is 24.3 Å². The van der Waals surface area contributed by atoms with Crippen molar-refractivity contribution in [3.63, 3.8) is 0 Å². The van der Waals surface area contributed by atoms with E-state index in [1.165, 1.54) is 19.2 Å². The molecule has 0 atom stereocenters. The Morgan fingerprint density at radius 3 is 2.46 bits per heavy atom. The summed E-state index contributed by atoms with van der Waals surface area (Å²) in [4.78, 5) is 23.0. The summed E-state index contributed by atoms with van der Waals surface area (Å²) in [5.41, 5.74) is 0.0491. The predicted molar refractivity (Wildman–Crippen MR) is 88.5 cm³/mol. The maximum atomic E-state index is 12.8. The normalized spacial score (nSPS) is 11.4. The van der Waals surface area contributed by atoms with Crippen LogP contribution in [0.1, 0.15) is 30.6 Å². The Kier molecular flexibility index (Phi) is 7.65. The second-order valence-electron chi connectivity index (χ2n) is 4.78. The van der Waals surface area contributed by atoms with Gasteiger partial charge in [-0.3, -0.25) is 4.79 Å². The summed E-state index contributed by atoms with van der Waals surface area (Å²) >= 11 is 6.00. The van der Waals surface area contributed by atoms with Gasteiger partial charge >= 0.3 is 11.9 Å². The number of halogens is 1. The van der Waals surface area contributed by atoms with Crippen LogP contribution in [-0.4, -0.2) is 51.5 Å². The van der Waals surface area contributed by atoms with Gasteiger partial charge in [-0.15, -0.1) is 0 Å². The number of rotatable bonds is 8. The average molecular weight is 378 g/mol. The van der Waals surface area contributed by atoms with E-state index in [0.29, 0.717) is 6.42 Å². The standard InChI is InChI=1S/C15H20ClNO6S/c1-4-8-17(10-14(18)23-5-2)24(20,21)13-9-11(15(19)22-3)6-7-12(13)16/h6-7,9H,4-5,8,10H2,1-3H3. The second-order valence-corrected chi connectivity index (χ2v) is 7.09. The molecule has 0 aliphatic rings. The van der Waals surface area contributed by atoms with Gasteiger partial charge in [0.1, 0.15) is 11.4 Å². The van der Waals surface area contributed by atoms with Gasteiger partial charge in [0.25, 0.3) is 0 Å². The van der Waals surface area contributed by atoms with Crippen molar-refractivity contribution in [1.82, 2.24) is 4.31 Å². The van der Waals surface area contributed by atoms with Crippen molar-refractivity contribution in [2.75, 3.05) is 26.8 Å². The van der Waals surface area contributed by atoms with Crippen LogP contribution in [0.2, 0.25) is 5.02 Å². The molecule has 0 N–H and O–H groups in total. The lowest BCUT2D eigenvalue weighted by molar-refractivity contribution is -0.143. The maximum Gasteiger partial charge on any atom is 0.337 e. The van der Waals surface area contributed by atoms with E-state index in [1.807, 2.05) is 0 Å². The van der Waals surface area contributed by atoms with Crippen molar-refractivity contribution in [3.05, 3.63) is 28.8 Å². The zero-order valence-corrected chi connectivity index (χ0v) is 15.3. The topological polar surface area (TPSA) is 90.0 Å². The van der Waals surface area contributed by atoms with E-state index in [0.717, 1.165) is 10.4 Å². The lowest BCUT2D eigenvalue weighted by atomic mass is 10.2. The summed E-state index contributed by atoms with van der Waals surface area (Å²) in [6.45, 7) is 3.24. The van der Waals surface area contributed by atoms with Crippen molar-refractivity contribution in [1.29, 1.82) is 0 Å². The average Bonchev–Trinajstić information content (AvgIpc) is 2.54. The van der Waals surface area contributed by atoms with Gasteiger partial charge in [0.2, 0.25) is 10.0 Å². The summed E-state index contributed by atoms with van der Waals surface area (Å²) < 4.78 is 36.0. The molecular weight excluding hydrogens is 358 g/mol. The molecule has 1 aromatic rings. The number of carbonyl (C=O) groups excluding carboxylic acids is 2. The lowest BCUT2D eigenvalue weighted by Gasteiger charge is -2.21. The number of carbonyl (C=O) groups is 2. The van der Waals surface area contributed by atoms with Crippen LogP contribution < -0.4 is 0 Å². The largest absolute Gasteiger partial charge is 0.465 e. The van der Waals surface area contributed by atoms with Crippen LogP contribution >= 0.6 is 11.6 Å². The molecule has 0 fully saturated rings. The number of hydrogen-bond acceptors (Lipinski definition) is 6. The summed E-state index contributed by atoms with van der Waals surface area (Å²) in [5.74, 6) is -1.34. The maximum absolute atomic E-state index is 12.8. The highest BCUT2D eigenvalue weighted by molar-refractivity contribution is 7.89. The molecule has 0 heterocycles. The first-order valence-corrected chi connectivity index (χ1v) is 9.13. The van der Waals surface area contributed by atoms with Gasteiger partial charge in [0, 0.05) is 6.54 Å². The molecule has 134 valence electrons. The molecule has 0 unspecified atom stereocenters. The number of sulfonamides is 1. The Morgan fingerprint density at radius 2 is 1.92 bits per heavy atom. The van der Waals surface area contributed by atoms with E-state index in [-0.39, 0.29) is 28.6 Å². The Balaban J connectivity index is 3.28. The fourth-order valence-corrected chi connectivity index (χ4v) is 3.95. The molecule has 1 rings (SSSR count). The van der Waals surface area contributed by atoms with Crippen molar-refractivity contribution in [2.45, 2.75) is 25.2 Å². The van der Waals surface area contributed by atoms with Gasteiger partial charge in [-0.05, 0) is 31.5 Å². The highest BCUT2D eigenvalue weighted by atomic mass is 35.5. The second kappa shape index (κ2) is 9.00. The minimum Gasteiger partial charge on any atom is -0.465 e. The minimum atomic E-state index is -4.08. The molecule has 1 aromatic carbocycles. The third kappa shape index (κ3) is 4.93.